The number of amides is 3. The van der Waals surface area contributed by atoms with Crippen LogP contribution in [0.5, 0.6) is 0 Å². The van der Waals surface area contributed by atoms with E-state index in [1.165, 1.54) is 6.33 Å². The number of hydrogen-bond acceptors (Lipinski definition) is 4. The van der Waals surface area contributed by atoms with Crippen molar-refractivity contribution in [2.75, 3.05) is 19.6 Å². The van der Waals surface area contributed by atoms with Crippen LogP contribution in [0.25, 0.3) is 0 Å². The van der Waals surface area contributed by atoms with Crippen LogP contribution in [0.15, 0.2) is 30.6 Å². The van der Waals surface area contributed by atoms with E-state index in [-0.39, 0.29) is 23.4 Å². The van der Waals surface area contributed by atoms with Crippen LogP contribution in [0.4, 0.5) is 4.79 Å². The van der Waals surface area contributed by atoms with Crippen LogP contribution in [0.3, 0.4) is 0 Å². The van der Waals surface area contributed by atoms with E-state index >= 15 is 0 Å². The van der Waals surface area contributed by atoms with Crippen LogP contribution >= 0.6 is 0 Å². The largest absolute Gasteiger partial charge is 0.342 e. The monoisotopic (exact) mass is 396 g/mol. The van der Waals surface area contributed by atoms with Gasteiger partial charge in [-0.1, -0.05) is 24.3 Å². The molecule has 29 heavy (non-hydrogen) atoms. The summed E-state index contributed by atoms with van der Waals surface area (Å²) >= 11 is 0. The number of benzene rings is 1. The van der Waals surface area contributed by atoms with E-state index in [0.29, 0.717) is 26.1 Å². The van der Waals surface area contributed by atoms with Gasteiger partial charge in [0.05, 0.1) is 12.5 Å². The Hall–Kier alpha value is -2.90. The molecule has 0 saturated carbocycles. The van der Waals surface area contributed by atoms with Crippen molar-refractivity contribution >= 4 is 11.9 Å². The van der Waals surface area contributed by atoms with E-state index in [9.17, 15) is 9.59 Å². The van der Waals surface area contributed by atoms with Gasteiger partial charge in [-0.15, -0.1) is 0 Å². The van der Waals surface area contributed by atoms with Crippen molar-refractivity contribution in [1.82, 2.24) is 30.3 Å². The number of urea groups is 1. The molecule has 0 radical (unpaired) electrons. The van der Waals surface area contributed by atoms with Crippen molar-refractivity contribution in [3.8, 4) is 0 Å². The lowest BCUT2D eigenvalue weighted by Gasteiger charge is -2.40. The molecule has 3 amide bonds. The summed E-state index contributed by atoms with van der Waals surface area (Å²) in [6, 6.07) is 7.54. The standard InChI is InChI=1S/C21H28N6O2/c1-3-22-20(29)25-18-19-23-14-24-27(19)11-9-21(18)8-10-26(13-21)17(28)12-16-7-5-4-6-15(16)2/h4-7,14,18H,3,8-13H2,1-2H3,(H2,22,25,29)/t18-,21-/m0/s1. The molecule has 0 aliphatic carbocycles. The van der Waals surface area contributed by atoms with Crippen LogP contribution < -0.4 is 10.6 Å². The van der Waals surface area contributed by atoms with Gasteiger partial charge in [-0.2, -0.15) is 5.10 Å². The third-order valence-corrected chi connectivity index (χ3v) is 6.29. The first kappa shape index (κ1) is 19.4. The highest BCUT2D eigenvalue weighted by molar-refractivity contribution is 5.79. The molecule has 154 valence electrons. The second-order valence-corrected chi connectivity index (χ2v) is 8.06. The normalized spacial score (nSPS) is 23.1. The third kappa shape index (κ3) is 3.71. The van der Waals surface area contributed by atoms with Crippen LogP contribution in [0.2, 0.25) is 0 Å². The number of nitrogens with zero attached hydrogens (tertiary/aromatic N) is 4. The molecule has 4 rings (SSSR count). The molecule has 1 aromatic carbocycles. The maximum Gasteiger partial charge on any atom is 0.315 e. The number of nitrogens with one attached hydrogen (secondary N) is 2. The first-order chi connectivity index (χ1) is 14.0. The summed E-state index contributed by atoms with van der Waals surface area (Å²) in [5, 5.41) is 10.2. The lowest BCUT2D eigenvalue weighted by atomic mass is 9.74. The van der Waals surface area contributed by atoms with Crippen molar-refractivity contribution in [2.24, 2.45) is 5.41 Å². The molecule has 2 aliphatic heterocycles. The SMILES string of the molecule is CCNC(=O)N[C@H]1c2ncnn2CC[C@]12CCN(C(=O)Cc1ccccc1C)C2. The Morgan fingerprint density at radius 3 is 2.83 bits per heavy atom. The van der Waals surface area contributed by atoms with Crippen molar-refractivity contribution < 1.29 is 9.59 Å². The highest BCUT2D eigenvalue weighted by Gasteiger charge is 2.50. The number of carbonyl (C=O) groups excluding carboxylic acids is 2. The summed E-state index contributed by atoms with van der Waals surface area (Å²) in [5.74, 6) is 0.913. The number of likely N-dealkylation sites (tertiary alicyclic amines) is 1. The van der Waals surface area contributed by atoms with Gasteiger partial charge in [-0.3, -0.25) is 4.79 Å². The lowest BCUT2D eigenvalue weighted by molar-refractivity contribution is -0.130. The molecular weight excluding hydrogens is 368 g/mol. The first-order valence-corrected chi connectivity index (χ1v) is 10.3. The maximum atomic E-state index is 13.0. The average Bonchev–Trinajstić information content (AvgIpc) is 3.34. The van der Waals surface area contributed by atoms with Crippen LogP contribution in [0.1, 0.15) is 42.8 Å². The Balaban J connectivity index is 1.53. The van der Waals surface area contributed by atoms with Crippen molar-refractivity contribution in [3.63, 3.8) is 0 Å². The molecule has 0 unspecified atom stereocenters. The van der Waals surface area contributed by atoms with Gasteiger partial charge >= 0.3 is 6.03 Å². The molecule has 2 N–H and O–H groups in total. The van der Waals surface area contributed by atoms with Gasteiger partial charge in [0.25, 0.3) is 0 Å². The maximum absolute atomic E-state index is 13.0. The predicted molar refractivity (Wildman–Crippen MR) is 108 cm³/mol. The molecule has 8 heteroatoms. The smallest absolute Gasteiger partial charge is 0.315 e. The molecule has 2 aromatic rings. The number of aryl methyl sites for hydroxylation is 2. The van der Waals surface area contributed by atoms with E-state index in [2.05, 4.69) is 20.7 Å². The quantitative estimate of drug-likeness (QED) is 0.824. The highest BCUT2D eigenvalue weighted by atomic mass is 16.2. The Labute approximate surface area is 170 Å². The van der Waals surface area contributed by atoms with E-state index in [1.54, 1.807) is 0 Å². The topological polar surface area (TPSA) is 92.2 Å². The zero-order chi connectivity index (χ0) is 20.4. The van der Waals surface area contributed by atoms with E-state index in [4.69, 9.17) is 0 Å². The number of aromatic nitrogens is 3. The fourth-order valence-electron chi connectivity index (χ4n) is 4.61. The third-order valence-electron chi connectivity index (χ3n) is 6.29. The van der Waals surface area contributed by atoms with Crippen molar-refractivity contribution in [1.29, 1.82) is 0 Å². The second-order valence-electron chi connectivity index (χ2n) is 8.06. The molecule has 1 spiro atoms. The fourth-order valence-corrected chi connectivity index (χ4v) is 4.61. The number of hydrogen-bond donors (Lipinski definition) is 2. The van der Waals surface area contributed by atoms with Gasteiger partial charge < -0.3 is 15.5 Å². The van der Waals surface area contributed by atoms with E-state index in [1.807, 2.05) is 47.7 Å². The molecule has 2 aliphatic rings. The Bertz CT molecular complexity index is 910. The summed E-state index contributed by atoms with van der Waals surface area (Å²) in [5.41, 5.74) is 1.99. The molecule has 1 fully saturated rings. The molecule has 8 nitrogen and oxygen atoms in total. The minimum Gasteiger partial charge on any atom is -0.342 e. The van der Waals surface area contributed by atoms with Gasteiger partial charge in [0, 0.05) is 31.6 Å². The first-order valence-electron chi connectivity index (χ1n) is 10.3. The molecule has 3 heterocycles. The number of rotatable bonds is 4. The highest BCUT2D eigenvalue weighted by Crippen LogP contribution is 2.47. The van der Waals surface area contributed by atoms with Gasteiger partial charge in [-0.05, 0) is 37.8 Å². The average molecular weight is 396 g/mol. The number of carbonyl (C=O) groups is 2. The summed E-state index contributed by atoms with van der Waals surface area (Å²) in [6.07, 6.45) is 3.65. The summed E-state index contributed by atoms with van der Waals surface area (Å²) in [7, 11) is 0. The Morgan fingerprint density at radius 2 is 2.03 bits per heavy atom. The van der Waals surface area contributed by atoms with Crippen LogP contribution in [-0.2, 0) is 17.8 Å². The molecule has 1 aromatic heterocycles. The molecule has 1 saturated heterocycles. The van der Waals surface area contributed by atoms with Crippen molar-refractivity contribution in [2.45, 2.75) is 45.7 Å². The van der Waals surface area contributed by atoms with Gasteiger partial charge in [0.15, 0.2) is 0 Å². The van der Waals surface area contributed by atoms with E-state index < -0.39 is 0 Å². The molecular formula is C21H28N6O2. The summed E-state index contributed by atoms with van der Waals surface area (Å²) < 4.78 is 1.86. The van der Waals surface area contributed by atoms with Crippen LogP contribution in [-0.4, -0.2) is 51.2 Å². The van der Waals surface area contributed by atoms with Gasteiger partial charge in [-0.25, -0.2) is 14.5 Å². The minimum absolute atomic E-state index is 0.139. The minimum atomic E-state index is -0.262. The second kappa shape index (κ2) is 7.85. The molecule has 0 bridgehead atoms. The summed E-state index contributed by atoms with van der Waals surface area (Å²) in [4.78, 5) is 31.7. The van der Waals surface area contributed by atoms with E-state index in [0.717, 1.165) is 36.3 Å². The van der Waals surface area contributed by atoms with Crippen LogP contribution in [0, 0.1) is 12.3 Å². The Kier molecular flexibility index (Phi) is 5.25. The van der Waals surface area contributed by atoms with Crippen molar-refractivity contribution in [3.05, 3.63) is 47.5 Å². The zero-order valence-corrected chi connectivity index (χ0v) is 17.0. The van der Waals surface area contributed by atoms with Gasteiger partial charge in [0.1, 0.15) is 12.2 Å². The van der Waals surface area contributed by atoms with Gasteiger partial charge in [0.2, 0.25) is 5.91 Å². The lowest BCUT2D eigenvalue weighted by Crippen LogP contribution is -2.50. The Morgan fingerprint density at radius 1 is 1.24 bits per heavy atom. The number of fused-ring (bicyclic) bond motifs is 1. The molecule has 2 atom stereocenters. The predicted octanol–water partition coefficient (Wildman–Crippen LogP) is 1.81. The summed E-state index contributed by atoms with van der Waals surface area (Å²) in [6.45, 7) is 6.56. The fraction of sp³-hybridized carbons (Fsp3) is 0.524. The zero-order valence-electron chi connectivity index (χ0n) is 17.0.